The zero-order valence-corrected chi connectivity index (χ0v) is 10.9. The van der Waals surface area contributed by atoms with Gasteiger partial charge in [-0.3, -0.25) is 9.69 Å². The molecule has 0 spiro atoms. The minimum absolute atomic E-state index is 0.0187. The van der Waals surface area contributed by atoms with Crippen molar-refractivity contribution >= 4 is 23.4 Å². The molecule has 6 heteroatoms. The maximum atomic E-state index is 13.8. The van der Waals surface area contributed by atoms with E-state index >= 15 is 0 Å². The SMILES string of the molecule is O=C(Nc1cc(N2CCOC2=O)ccc1F)C1CCC1. The number of carbonyl (C=O) groups excluding carboxylic acids is 2. The summed E-state index contributed by atoms with van der Waals surface area (Å²) in [7, 11) is 0. The minimum atomic E-state index is -0.506. The van der Waals surface area contributed by atoms with Gasteiger partial charge >= 0.3 is 6.09 Å². The molecule has 1 aliphatic carbocycles. The van der Waals surface area contributed by atoms with E-state index in [1.54, 1.807) is 0 Å². The molecule has 2 fully saturated rings. The van der Waals surface area contributed by atoms with Crippen molar-refractivity contribution in [3.63, 3.8) is 0 Å². The van der Waals surface area contributed by atoms with Crippen LogP contribution in [-0.2, 0) is 9.53 Å². The topological polar surface area (TPSA) is 58.6 Å². The zero-order valence-electron chi connectivity index (χ0n) is 10.9. The molecule has 0 bridgehead atoms. The van der Waals surface area contributed by atoms with Crippen LogP contribution < -0.4 is 10.2 Å². The summed E-state index contributed by atoms with van der Waals surface area (Å²) >= 11 is 0. The second-order valence-electron chi connectivity index (χ2n) is 5.05. The van der Waals surface area contributed by atoms with Crippen molar-refractivity contribution in [2.24, 2.45) is 5.92 Å². The molecule has 1 N–H and O–H groups in total. The van der Waals surface area contributed by atoms with E-state index in [4.69, 9.17) is 4.74 Å². The Balaban J connectivity index is 1.79. The number of nitrogens with zero attached hydrogens (tertiary/aromatic N) is 1. The highest BCUT2D eigenvalue weighted by atomic mass is 19.1. The molecule has 106 valence electrons. The van der Waals surface area contributed by atoms with Gasteiger partial charge < -0.3 is 10.1 Å². The Bertz CT molecular complexity index is 557. The lowest BCUT2D eigenvalue weighted by Crippen LogP contribution is -2.28. The van der Waals surface area contributed by atoms with Crippen molar-refractivity contribution < 1.29 is 18.7 Å². The van der Waals surface area contributed by atoms with Gasteiger partial charge in [-0.1, -0.05) is 6.42 Å². The third-order valence-electron chi connectivity index (χ3n) is 3.76. The maximum absolute atomic E-state index is 13.8. The van der Waals surface area contributed by atoms with E-state index in [0.717, 1.165) is 19.3 Å². The highest BCUT2D eigenvalue weighted by Gasteiger charge is 2.27. The van der Waals surface area contributed by atoms with E-state index < -0.39 is 11.9 Å². The zero-order chi connectivity index (χ0) is 14.1. The lowest BCUT2D eigenvalue weighted by Gasteiger charge is -2.24. The van der Waals surface area contributed by atoms with E-state index in [-0.39, 0.29) is 17.5 Å². The molecule has 1 aromatic rings. The second kappa shape index (κ2) is 5.11. The van der Waals surface area contributed by atoms with E-state index in [9.17, 15) is 14.0 Å². The molecule has 5 nitrogen and oxygen atoms in total. The monoisotopic (exact) mass is 278 g/mol. The lowest BCUT2D eigenvalue weighted by atomic mass is 9.85. The highest BCUT2D eigenvalue weighted by Crippen LogP contribution is 2.29. The van der Waals surface area contributed by atoms with Crippen LogP contribution in [0.15, 0.2) is 18.2 Å². The van der Waals surface area contributed by atoms with Crippen LogP contribution in [0.5, 0.6) is 0 Å². The number of hydrogen-bond donors (Lipinski definition) is 1. The van der Waals surface area contributed by atoms with E-state index in [2.05, 4.69) is 5.32 Å². The van der Waals surface area contributed by atoms with Crippen LogP contribution in [0.3, 0.4) is 0 Å². The van der Waals surface area contributed by atoms with Gasteiger partial charge in [-0.15, -0.1) is 0 Å². The molecule has 1 heterocycles. The predicted octanol–water partition coefficient (Wildman–Crippen LogP) is 2.52. The molecule has 20 heavy (non-hydrogen) atoms. The summed E-state index contributed by atoms with van der Waals surface area (Å²) in [6.07, 6.45) is 2.30. The number of ether oxygens (including phenoxy) is 1. The maximum Gasteiger partial charge on any atom is 0.414 e. The molecule has 3 rings (SSSR count). The van der Waals surface area contributed by atoms with Crippen LogP contribution in [0.1, 0.15) is 19.3 Å². The van der Waals surface area contributed by atoms with E-state index in [0.29, 0.717) is 18.8 Å². The lowest BCUT2D eigenvalue weighted by molar-refractivity contribution is -0.122. The number of hydrogen-bond acceptors (Lipinski definition) is 3. The number of amides is 2. The molecule has 2 aliphatic rings. The molecular formula is C14H15FN2O3. The Labute approximate surface area is 115 Å². The average molecular weight is 278 g/mol. The molecule has 2 amide bonds. The van der Waals surface area contributed by atoms with E-state index in [1.165, 1.54) is 23.1 Å². The first-order valence-corrected chi connectivity index (χ1v) is 6.70. The van der Waals surface area contributed by atoms with Crippen molar-refractivity contribution in [3.05, 3.63) is 24.0 Å². The average Bonchev–Trinajstić information content (AvgIpc) is 2.76. The summed E-state index contributed by atoms with van der Waals surface area (Å²) in [5, 5.41) is 2.60. The largest absolute Gasteiger partial charge is 0.447 e. The quantitative estimate of drug-likeness (QED) is 0.924. The molecule has 0 aromatic heterocycles. The minimum Gasteiger partial charge on any atom is -0.447 e. The molecule has 1 aliphatic heterocycles. The summed E-state index contributed by atoms with van der Waals surface area (Å²) in [4.78, 5) is 24.8. The molecule has 0 atom stereocenters. The molecular weight excluding hydrogens is 263 g/mol. The van der Waals surface area contributed by atoms with Gasteiger partial charge in [0.2, 0.25) is 5.91 Å². The Morgan fingerprint density at radius 3 is 2.80 bits per heavy atom. The van der Waals surface area contributed by atoms with E-state index in [1.807, 2.05) is 0 Å². The van der Waals surface area contributed by atoms with Gasteiger partial charge in [-0.25, -0.2) is 9.18 Å². The van der Waals surface area contributed by atoms with Crippen molar-refractivity contribution in [2.45, 2.75) is 19.3 Å². The fourth-order valence-electron chi connectivity index (χ4n) is 2.31. The van der Waals surface area contributed by atoms with Crippen LogP contribution in [0.2, 0.25) is 0 Å². The molecule has 0 radical (unpaired) electrons. The number of benzene rings is 1. The van der Waals surface area contributed by atoms with Crippen molar-refractivity contribution in [2.75, 3.05) is 23.4 Å². The summed E-state index contributed by atoms with van der Waals surface area (Å²) in [5.74, 6) is -0.680. The van der Waals surface area contributed by atoms with Gasteiger partial charge in [-0.2, -0.15) is 0 Å². The fourth-order valence-corrected chi connectivity index (χ4v) is 2.31. The number of cyclic esters (lactones) is 1. The van der Waals surface area contributed by atoms with Gasteiger partial charge in [0.25, 0.3) is 0 Å². The van der Waals surface area contributed by atoms with Gasteiger partial charge in [0.1, 0.15) is 12.4 Å². The molecule has 1 aromatic carbocycles. The van der Waals surface area contributed by atoms with Crippen LogP contribution in [-0.4, -0.2) is 25.2 Å². The number of nitrogens with one attached hydrogen (secondary N) is 1. The summed E-state index contributed by atoms with van der Waals surface area (Å²) in [6.45, 7) is 0.750. The first-order valence-electron chi connectivity index (χ1n) is 6.70. The van der Waals surface area contributed by atoms with Crippen molar-refractivity contribution in [1.29, 1.82) is 0 Å². The number of halogens is 1. The Morgan fingerprint density at radius 1 is 1.40 bits per heavy atom. The summed E-state index contributed by atoms with van der Waals surface area (Å²) < 4.78 is 18.6. The number of rotatable bonds is 3. The van der Waals surface area contributed by atoms with Crippen LogP contribution >= 0.6 is 0 Å². The fraction of sp³-hybridized carbons (Fsp3) is 0.429. The van der Waals surface area contributed by atoms with Crippen LogP contribution in [0, 0.1) is 11.7 Å². The second-order valence-corrected chi connectivity index (χ2v) is 5.05. The summed E-state index contributed by atoms with van der Waals surface area (Å²) in [6, 6.07) is 4.22. The smallest absolute Gasteiger partial charge is 0.414 e. The predicted molar refractivity (Wildman–Crippen MR) is 71.1 cm³/mol. The third-order valence-corrected chi connectivity index (χ3v) is 3.76. The first kappa shape index (κ1) is 12.9. The standard InChI is InChI=1S/C14H15FN2O3/c15-11-5-4-10(17-6-7-20-14(17)19)8-12(11)16-13(18)9-2-1-3-9/h4-5,8-9H,1-3,6-7H2,(H,16,18). The van der Waals surface area contributed by atoms with Crippen molar-refractivity contribution in [3.8, 4) is 0 Å². The van der Waals surface area contributed by atoms with Gasteiger partial charge in [-0.05, 0) is 31.0 Å². The number of carbonyl (C=O) groups is 2. The first-order chi connectivity index (χ1) is 9.65. The van der Waals surface area contributed by atoms with Crippen LogP contribution in [0.25, 0.3) is 0 Å². The number of anilines is 2. The Morgan fingerprint density at radius 2 is 2.20 bits per heavy atom. The third kappa shape index (κ3) is 2.33. The molecule has 1 saturated heterocycles. The van der Waals surface area contributed by atoms with Gasteiger partial charge in [0.15, 0.2) is 0 Å². The normalized spacial score (nSPS) is 18.6. The highest BCUT2D eigenvalue weighted by molar-refractivity contribution is 5.95. The molecule has 0 unspecified atom stereocenters. The Hall–Kier alpha value is -2.11. The molecule has 1 saturated carbocycles. The van der Waals surface area contributed by atoms with Crippen LogP contribution in [0.4, 0.5) is 20.6 Å². The summed E-state index contributed by atoms with van der Waals surface area (Å²) in [5.41, 5.74) is 0.636. The Kier molecular flexibility index (Phi) is 3.30. The van der Waals surface area contributed by atoms with Gasteiger partial charge in [0.05, 0.1) is 12.2 Å². The van der Waals surface area contributed by atoms with Gasteiger partial charge in [0, 0.05) is 11.6 Å². The van der Waals surface area contributed by atoms with Crippen molar-refractivity contribution in [1.82, 2.24) is 0 Å².